The third-order valence-corrected chi connectivity index (χ3v) is 3.58. The fourth-order valence-corrected chi connectivity index (χ4v) is 2.50. The zero-order chi connectivity index (χ0) is 14.1. The minimum atomic E-state index is -0.290. The summed E-state index contributed by atoms with van der Waals surface area (Å²) in [6.07, 6.45) is 1.93. The van der Waals surface area contributed by atoms with Crippen molar-refractivity contribution in [1.29, 1.82) is 0 Å². The van der Waals surface area contributed by atoms with Crippen LogP contribution in [0.2, 0.25) is 5.02 Å². The molecule has 0 radical (unpaired) electrons. The second-order valence-electron chi connectivity index (χ2n) is 4.57. The predicted octanol–water partition coefficient (Wildman–Crippen LogP) is 4.49. The Labute approximate surface area is 121 Å². The Balaban J connectivity index is 2.03. The normalized spacial score (nSPS) is 10.9. The average molecular weight is 290 g/mol. The second kappa shape index (κ2) is 5.17. The summed E-state index contributed by atoms with van der Waals surface area (Å²) in [6, 6.07) is 12.6. The average Bonchev–Trinajstić information content (AvgIpc) is 2.85. The van der Waals surface area contributed by atoms with Gasteiger partial charge in [0.25, 0.3) is 0 Å². The molecule has 0 aliphatic heterocycles. The van der Waals surface area contributed by atoms with Crippen molar-refractivity contribution >= 4 is 22.5 Å². The Bertz CT molecular complexity index is 766. The fourth-order valence-electron chi connectivity index (χ4n) is 2.34. The summed E-state index contributed by atoms with van der Waals surface area (Å²) < 4.78 is 21.2. The molecular weight excluding hydrogens is 277 g/mol. The van der Waals surface area contributed by atoms with E-state index < -0.39 is 0 Å². The van der Waals surface area contributed by atoms with Crippen LogP contribution in [0.5, 0.6) is 5.75 Å². The molecule has 0 aliphatic carbocycles. The maximum Gasteiger partial charge on any atom is 0.129 e. The van der Waals surface area contributed by atoms with Crippen molar-refractivity contribution in [2.24, 2.45) is 0 Å². The molecule has 0 aliphatic rings. The first kappa shape index (κ1) is 13.0. The van der Waals surface area contributed by atoms with Crippen molar-refractivity contribution in [2.75, 3.05) is 7.11 Å². The van der Waals surface area contributed by atoms with Crippen molar-refractivity contribution in [2.45, 2.75) is 6.54 Å². The highest BCUT2D eigenvalue weighted by molar-refractivity contribution is 6.30. The smallest absolute Gasteiger partial charge is 0.129 e. The molecule has 0 atom stereocenters. The highest BCUT2D eigenvalue weighted by atomic mass is 35.5. The lowest BCUT2D eigenvalue weighted by Crippen LogP contribution is -2.00. The van der Waals surface area contributed by atoms with Crippen LogP contribution >= 0.6 is 11.6 Å². The summed E-state index contributed by atoms with van der Waals surface area (Å²) in [7, 11) is 1.64. The quantitative estimate of drug-likeness (QED) is 0.693. The molecule has 3 aromatic rings. The van der Waals surface area contributed by atoms with E-state index >= 15 is 0 Å². The molecule has 0 unspecified atom stereocenters. The van der Waals surface area contributed by atoms with Crippen LogP contribution in [-0.4, -0.2) is 11.7 Å². The molecule has 0 bridgehead atoms. The minimum Gasteiger partial charge on any atom is -0.496 e. The van der Waals surface area contributed by atoms with Gasteiger partial charge in [0.1, 0.15) is 11.6 Å². The predicted molar refractivity (Wildman–Crippen MR) is 79.0 cm³/mol. The van der Waals surface area contributed by atoms with Gasteiger partial charge in [-0.05, 0) is 30.3 Å². The van der Waals surface area contributed by atoms with Crippen molar-refractivity contribution in [3.05, 3.63) is 65.1 Å². The first-order chi connectivity index (χ1) is 9.69. The topological polar surface area (TPSA) is 14.2 Å². The number of methoxy groups -OCH3 is 1. The number of rotatable bonds is 3. The molecule has 0 spiro atoms. The van der Waals surface area contributed by atoms with Gasteiger partial charge in [0.05, 0.1) is 19.2 Å². The van der Waals surface area contributed by atoms with Crippen molar-refractivity contribution in [1.82, 2.24) is 4.57 Å². The van der Waals surface area contributed by atoms with E-state index in [0.717, 1.165) is 16.7 Å². The minimum absolute atomic E-state index is 0.290. The molecule has 2 aromatic carbocycles. The zero-order valence-electron chi connectivity index (χ0n) is 10.9. The monoisotopic (exact) mass is 289 g/mol. The summed E-state index contributed by atoms with van der Waals surface area (Å²) >= 11 is 5.77. The van der Waals surface area contributed by atoms with Gasteiger partial charge in [-0.15, -0.1) is 0 Å². The summed E-state index contributed by atoms with van der Waals surface area (Å²) in [5.74, 6) is 0.528. The van der Waals surface area contributed by atoms with Gasteiger partial charge in [0, 0.05) is 22.2 Å². The standard InChI is InChI=1S/C16H13ClFNO/c1-20-16-4-2-3-15-13(16)7-8-19(15)10-11-5-6-12(17)9-14(11)18/h2-9H,10H2,1H3. The molecule has 2 nitrogen and oxygen atoms in total. The van der Waals surface area contributed by atoms with Crippen molar-refractivity contribution in [3.8, 4) is 5.75 Å². The van der Waals surface area contributed by atoms with Gasteiger partial charge in [-0.1, -0.05) is 23.7 Å². The van der Waals surface area contributed by atoms with Gasteiger partial charge >= 0.3 is 0 Å². The maximum absolute atomic E-state index is 13.9. The first-order valence-electron chi connectivity index (χ1n) is 6.25. The first-order valence-corrected chi connectivity index (χ1v) is 6.62. The van der Waals surface area contributed by atoms with Crippen LogP contribution in [0.3, 0.4) is 0 Å². The maximum atomic E-state index is 13.9. The molecule has 0 fully saturated rings. The van der Waals surface area contributed by atoms with E-state index in [4.69, 9.17) is 16.3 Å². The molecule has 0 N–H and O–H groups in total. The van der Waals surface area contributed by atoms with Crippen LogP contribution in [0.1, 0.15) is 5.56 Å². The molecule has 1 heterocycles. The molecule has 0 saturated heterocycles. The lowest BCUT2D eigenvalue weighted by atomic mass is 10.2. The lowest BCUT2D eigenvalue weighted by Gasteiger charge is -2.08. The highest BCUT2D eigenvalue weighted by Gasteiger charge is 2.08. The summed E-state index contributed by atoms with van der Waals surface area (Å²) in [5.41, 5.74) is 1.62. The second-order valence-corrected chi connectivity index (χ2v) is 5.01. The molecule has 102 valence electrons. The zero-order valence-corrected chi connectivity index (χ0v) is 11.7. The lowest BCUT2D eigenvalue weighted by molar-refractivity contribution is 0.420. The van der Waals surface area contributed by atoms with E-state index in [1.807, 2.05) is 35.0 Å². The molecule has 0 amide bonds. The van der Waals surface area contributed by atoms with E-state index in [1.54, 1.807) is 19.2 Å². The Morgan fingerprint density at radius 1 is 1.20 bits per heavy atom. The SMILES string of the molecule is COc1cccc2c1ccn2Cc1ccc(Cl)cc1F. The van der Waals surface area contributed by atoms with E-state index in [1.165, 1.54) is 6.07 Å². The number of nitrogens with zero attached hydrogens (tertiary/aromatic N) is 1. The largest absolute Gasteiger partial charge is 0.496 e. The number of aromatic nitrogens is 1. The van der Waals surface area contributed by atoms with Crippen molar-refractivity contribution < 1.29 is 9.13 Å². The Kier molecular flexibility index (Phi) is 3.36. The van der Waals surface area contributed by atoms with Crippen LogP contribution in [0.4, 0.5) is 4.39 Å². The number of hydrogen-bond donors (Lipinski definition) is 0. The number of hydrogen-bond acceptors (Lipinski definition) is 1. The van der Waals surface area contributed by atoms with Crippen LogP contribution in [0.15, 0.2) is 48.7 Å². The van der Waals surface area contributed by atoms with Gasteiger partial charge < -0.3 is 9.30 Å². The number of halogens is 2. The number of ether oxygens (including phenoxy) is 1. The van der Waals surface area contributed by atoms with Gasteiger partial charge in [0.2, 0.25) is 0 Å². The summed E-state index contributed by atoms with van der Waals surface area (Å²) in [4.78, 5) is 0. The van der Waals surface area contributed by atoms with Crippen molar-refractivity contribution in [3.63, 3.8) is 0 Å². The molecule has 0 saturated carbocycles. The Hall–Kier alpha value is -2.00. The van der Waals surface area contributed by atoms with E-state index in [2.05, 4.69) is 0 Å². The van der Waals surface area contributed by atoms with E-state index in [0.29, 0.717) is 17.1 Å². The summed E-state index contributed by atoms with van der Waals surface area (Å²) in [6.45, 7) is 0.458. The molecule has 20 heavy (non-hydrogen) atoms. The molecule has 3 rings (SSSR count). The van der Waals surface area contributed by atoms with Crippen LogP contribution < -0.4 is 4.74 Å². The van der Waals surface area contributed by atoms with Gasteiger partial charge in [0.15, 0.2) is 0 Å². The van der Waals surface area contributed by atoms with Crippen LogP contribution in [0, 0.1) is 5.82 Å². The van der Waals surface area contributed by atoms with E-state index in [9.17, 15) is 4.39 Å². The third-order valence-electron chi connectivity index (χ3n) is 3.35. The fraction of sp³-hybridized carbons (Fsp3) is 0.125. The Morgan fingerprint density at radius 3 is 2.80 bits per heavy atom. The third kappa shape index (κ3) is 2.25. The van der Waals surface area contributed by atoms with E-state index in [-0.39, 0.29) is 5.82 Å². The van der Waals surface area contributed by atoms with Gasteiger partial charge in [-0.2, -0.15) is 0 Å². The molecule has 1 aromatic heterocycles. The van der Waals surface area contributed by atoms with Gasteiger partial charge in [-0.3, -0.25) is 0 Å². The van der Waals surface area contributed by atoms with Gasteiger partial charge in [-0.25, -0.2) is 4.39 Å². The molecule has 4 heteroatoms. The van der Waals surface area contributed by atoms with Crippen LogP contribution in [0.25, 0.3) is 10.9 Å². The highest BCUT2D eigenvalue weighted by Crippen LogP contribution is 2.27. The number of fused-ring (bicyclic) bond motifs is 1. The molecular formula is C16H13ClFNO. The number of benzene rings is 2. The Morgan fingerprint density at radius 2 is 2.05 bits per heavy atom. The van der Waals surface area contributed by atoms with Crippen LogP contribution in [-0.2, 0) is 6.54 Å². The summed E-state index contributed by atoms with van der Waals surface area (Å²) in [5, 5.41) is 1.43.